The first-order valence-corrected chi connectivity index (χ1v) is 7.71. The summed E-state index contributed by atoms with van der Waals surface area (Å²) in [6, 6.07) is 5.63. The van der Waals surface area contributed by atoms with Crippen molar-refractivity contribution in [2.24, 2.45) is 5.92 Å². The van der Waals surface area contributed by atoms with Crippen LogP contribution >= 0.6 is 0 Å². The van der Waals surface area contributed by atoms with Crippen molar-refractivity contribution in [1.82, 2.24) is 5.32 Å². The summed E-state index contributed by atoms with van der Waals surface area (Å²) in [6.45, 7) is 9.18. The lowest BCUT2D eigenvalue weighted by Gasteiger charge is -2.34. The summed E-state index contributed by atoms with van der Waals surface area (Å²) in [4.78, 5) is 13.2. The van der Waals surface area contributed by atoms with E-state index in [1.807, 2.05) is 19.1 Å². The van der Waals surface area contributed by atoms with Crippen molar-refractivity contribution in [3.63, 3.8) is 0 Å². The van der Waals surface area contributed by atoms with E-state index in [-0.39, 0.29) is 16.7 Å². The molecule has 1 N–H and O–H groups in total. The van der Waals surface area contributed by atoms with Gasteiger partial charge in [-0.3, -0.25) is 10.1 Å². The molecule has 0 aliphatic carbocycles. The SMILES string of the molecule is Cc1ccc([N+](=O)[O-])c(N(CC2CCNCC2)C(C)C)c1. The van der Waals surface area contributed by atoms with Gasteiger partial charge in [0.05, 0.1) is 4.92 Å². The molecule has 0 amide bonds. The molecule has 2 rings (SSSR count). The minimum atomic E-state index is -0.271. The van der Waals surface area contributed by atoms with Gasteiger partial charge in [0.1, 0.15) is 5.69 Å². The smallest absolute Gasteiger partial charge is 0.292 e. The second kappa shape index (κ2) is 6.89. The second-order valence-electron chi connectivity index (χ2n) is 6.19. The van der Waals surface area contributed by atoms with Crippen molar-refractivity contribution in [3.05, 3.63) is 33.9 Å². The lowest BCUT2D eigenvalue weighted by molar-refractivity contribution is -0.384. The Morgan fingerprint density at radius 3 is 2.62 bits per heavy atom. The topological polar surface area (TPSA) is 58.4 Å². The Hall–Kier alpha value is -1.62. The van der Waals surface area contributed by atoms with Gasteiger partial charge in [0.15, 0.2) is 0 Å². The van der Waals surface area contributed by atoms with E-state index in [0.717, 1.165) is 43.7 Å². The van der Waals surface area contributed by atoms with Crippen LogP contribution in [0.15, 0.2) is 18.2 Å². The second-order valence-corrected chi connectivity index (χ2v) is 6.19. The molecule has 1 aliphatic rings. The zero-order valence-electron chi connectivity index (χ0n) is 13.1. The third-order valence-corrected chi connectivity index (χ3v) is 4.17. The Morgan fingerprint density at radius 1 is 1.38 bits per heavy atom. The number of hydrogen-bond acceptors (Lipinski definition) is 4. The molecule has 1 fully saturated rings. The monoisotopic (exact) mass is 291 g/mol. The standard InChI is InChI=1S/C16H25N3O2/c1-12(2)18(11-14-6-8-17-9-7-14)16-10-13(3)4-5-15(16)19(20)21/h4-5,10,12,14,17H,6-9,11H2,1-3H3. The average molecular weight is 291 g/mol. The van der Waals surface area contributed by atoms with E-state index in [1.54, 1.807) is 6.07 Å². The van der Waals surface area contributed by atoms with Crippen molar-refractivity contribution in [2.45, 2.75) is 39.7 Å². The number of aryl methyl sites for hydroxylation is 1. The highest BCUT2D eigenvalue weighted by molar-refractivity contribution is 5.65. The van der Waals surface area contributed by atoms with Crippen LogP contribution in [0.4, 0.5) is 11.4 Å². The molecule has 1 aromatic rings. The van der Waals surface area contributed by atoms with Gasteiger partial charge in [0.25, 0.3) is 5.69 Å². The molecule has 0 unspecified atom stereocenters. The van der Waals surface area contributed by atoms with Gasteiger partial charge in [-0.15, -0.1) is 0 Å². The fraction of sp³-hybridized carbons (Fsp3) is 0.625. The number of piperidine rings is 1. The number of nitrogens with one attached hydrogen (secondary N) is 1. The molecule has 0 bridgehead atoms. The van der Waals surface area contributed by atoms with Crippen molar-refractivity contribution >= 4 is 11.4 Å². The Labute approximate surface area is 126 Å². The van der Waals surface area contributed by atoms with Gasteiger partial charge in [-0.25, -0.2) is 0 Å². The number of nitro benzene ring substituents is 1. The fourth-order valence-corrected chi connectivity index (χ4v) is 2.95. The zero-order chi connectivity index (χ0) is 15.4. The van der Waals surface area contributed by atoms with E-state index in [0.29, 0.717) is 5.92 Å². The maximum absolute atomic E-state index is 11.3. The van der Waals surface area contributed by atoms with Gasteiger partial charge in [-0.05, 0) is 64.3 Å². The molecule has 0 spiro atoms. The molecule has 21 heavy (non-hydrogen) atoms. The quantitative estimate of drug-likeness (QED) is 0.669. The summed E-state index contributed by atoms with van der Waals surface area (Å²) in [7, 11) is 0. The van der Waals surface area contributed by atoms with E-state index in [9.17, 15) is 10.1 Å². The molecule has 5 nitrogen and oxygen atoms in total. The van der Waals surface area contributed by atoms with E-state index < -0.39 is 0 Å². The molecule has 116 valence electrons. The van der Waals surface area contributed by atoms with Crippen LogP contribution in [-0.2, 0) is 0 Å². The van der Waals surface area contributed by atoms with Crippen LogP contribution in [0.3, 0.4) is 0 Å². The van der Waals surface area contributed by atoms with Gasteiger partial charge in [-0.1, -0.05) is 6.07 Å². The van der Waals surface area contributed by atoms with E-state index in [1.165, 1.54) is 0 Å². The lowest BCUT2D eigenvalue weighted by Crippen LogP contribution is -2.39. The molecule has 0 atom stereocenters. The molecule has 1 aliphatic heterocycles. The number of benzene rings is 1. The molecule has 1 aromatic carbocycles. The number of anilines is 1. The highest BCUT2D eigenvalue weighted by atomic mass is 16.6. The Balaban J connectivity index is 2.28. The minimum absolute atomic E-state index is 0.211. The molecule has 0 aromatic heterocycles. The van der Waals surface area contributed by atoms with E-state index in [2.05, 4.69) is 24.1 Å². The Bertz CT molecular complexity index is 496. The predicted molar refractivity (Wildman–Crippen MR) is 85.9 cm³/mol. The molecule has 1 saturated heterocycles. The normalized spacial score (nSPS) is 16.2. The molecule has 5 heteroatoms. The average Bonchev–Trinajstić information content (AvgIpc) is 2.45. The van der Waals surface area contributed by atoms with Crippen molar-refractivity contribution in [3.8, 4) is 0 Å². The van der Waals surface area contributed by atoms with Crippen LogP contribution in [-0.4, -0.2) is 30.6 Å². The summed E-state index contributed by atoms with van der Waals surface area (Å²) in [5, 5.41) is 14.7. The number of hydrogen-bond donors (Lipinski definition) is 1. The highest BCUT2D eigenvalue weighted by Gasteiger charge is 2.25. The van der Waals surface area contributed by atoms with Gasteiger partial charge in [-0.2, -0.15) is 0 Å². The first kappa shape index (κ1) is 15.8. The van der Waals surface area contributed by atoms with Crippen LogP contribution in [0.2, 0.25) is 0 Å². The molecule has 0 radical (unpaired) electrons. The molecular formula is C16H25N3O2. The highest BCUT2D eigenvalue weighted by Crippen LogP contribution is 2.32. The van der Waals surface area contributed by atoms with Crippen LogP contribution in [0.5, 0.6) is 0 Å². The van der Waals surface area contributed by atoms with Crippen LogP contribution in [0, 0.1) is 23.0 Å². The maximum atomic E-state index is 11.3. The van der Waals surface area contributed by atoms with Gasteiger partial charge >= 0.3 is 0 Å². The largest absolute Gasteiger partial charge is 0.363 e. The van der Waals surface area contributed by atoms with Crippen molar-refractivity contribution in [2.75, 3.05) is 24.5 Å². The number of rotatable bonds is 5. The third kappa shape index (κ3) is 3.94. The summed E-state index contributed by atoms with van der Waals surface area (Å²) in [5.74, 6) is 0.605. The minimum Gasteiger partial charge on any atom is -0.363 e. The van der Waals surface area contributed by atoms with Gasteiger partial charge in [0.2, 0.25) is 0 Å². The van der Waals surface area contributed by atoms with E-state index in [4.69, 9.17) is 0 Å². The first-order chi connectivity index (χ1) is 9.99. The first-order valence-electron chi connectivity index (χ1n) is 7.71. The van der Waals surface area contributed by atoms with Gasteiger partial charge in [0, 0.05) is 18.7 Å². The summed E-state index contributed by atoms with van der Waals surface area (Å²) >= 11 is 0. The van der Waals surface area contributed by atoms with Gasteiger partial charge < -0.3 is 10.2 Å². The summed E-state index contributed by atoms with van der Waals surface area (Å²) < 4.78 is 0. The number of nitro groups is 1. The predicted octanol–water partition coefficient (Wildman–Crippen LogP) is 3.12. The molecule has 0 saturated carbocycles. The zero-order valence-corrected chi connectivity index (χ0v) is 13.1. The maximum Gasteiger partial charge on any atom is 0.292 e. The Kier molecular flexibility index (Phi) is 5.17. The van der Waals surface area contributed by atoms with E-state index >= 15 is 0 Å². The molecular weight excluding hydrogens is 266 g/mol. The summed E-state index contributed by atoms with van der Waals surface area (Å²) in [5.41, 5.74) is 2.03. The van der Waals surface area contributed by atoms with Crippen LogP contribution < -0.4 is 10.2 Å². The fourth-order valence-electron chi connectivity index (χ4n) is 2.95. The number of nitrogens with zero attached hydrogens (tertiary/aromatic N) is 2. The van der Waals surface area contributed by atoms with Crippen LogP contribution in [0.25, 0.3) is 0 Å². The van der Waals surface area contributed by atoms with Crippen LogP contribution in [0.1, 0.15) is 32.3 Å². The molecule has 1 heterocycles. The Morgan fingerprint density at radius 2 is 2.05 bits per heavy atom. The lowest BCUT2D eigenvalue weighted by atomic mass is 9.96. The summed E-state index contributed by atoms with van der Waals surface area (Å²) in [6.07, 6.45) is 2.28. The third-order valence-electron chi connectivity index (χ3n) is 4.17. The van der Waals surface area contributed by atoms with Crippen molar-refractivity contribution in [1.29, 1.82) is 0 Å². The van der Waals surface area contributed by atoms with Crippen molar-refractivity contribution < 1.29 is 4.92 Å².